The highest BCUT2D eigenvalue weighted by Gasteiger charge is 2.21. The molecule has 0 saturated carbocycles. The zero-order chi connectivity index (χ0) is 14.9. The van der Waals surface area contributed by atoms with Crippen LogP contribution in [0.3, 0.4) is 0 Å². The molecule has 1 N–H and O–H groups in total. The van der Waals surface area contributed by atoms with Gasteiger partial charge in [-0.05, 0) is 31.2 Å². The first kappa shape index (κ1) is 15.2. The first-order valence-corrected chi connectivity index (χ1v) is 8.38. The Balaban J connectivity index is 2.66. The molecule has 0 fully saturated rings. The third-order valence-corrected chi connectivity index (χ3v) is 5.66. The van der Waals surface area contributed by atoms with E-state index in [0.29, 0.717) is 17.6 Å². The van der Waals surface area contributed by atoms with E-state index in [9.17, 15) is 8.42 Å². The molecule has 0 spiro atoms. The first-order valence-electron chi connectivity index (χ1n) is 6.54. The molecule has 0 amide bonds. The number of aromatic nitrogens is 1. The van der Waals surface area contributed by atoms with Gasteiger partial charge in [0, 0.05) is 34.2 Å². The molecule has 2 rings (SSSR count). The Morgan fingerprint density at radius 2 is 1.85 bits per heavy atom. The van der Waals surface area contributed by atoms with E-state index in [1.54, 1.807) is 18.2 Å². The molecule has 0 unspecified atom stereocenters. The van der Waals surface area contributed by atoms with E-state index in [4.69, 9.17) is 12.2 Å². The molecule has 108 valence electrons. The number of fused-ring (bicyclic) bond motifs is 1. The molecule has 2 aromatic rings. The van der Waals surface area contributed by atoms with Gasteiger partial charge in [0.15, 0.2) is 0 Å². The van der Waals surface area contributed by atoms with Gasteiger partial charge in [0.2, 0.25) is 10.0 Å². The quantitative estimate of drug-likeness (QED) is 0.882. The second-order valence-electron chi connectivity index (χ2n) is 4.61. The number of hydrogen-bond acceptors (Lipinski definition) is 3. The summed E-state index contributed by atoms with van der Waals surface area (Å²) in [5.41, 5.74) is 1.82. The fourth-order valence-electron chi connectivity index (χ4n) is 2.23. The van der Waals surface area contributed by atoms with Gasteiger partial charge in [-0.25, -0.2) is 8.42 Å². The van der Waals surface area contributed by atoms with Gasteiger partial charge in [-0.15, -0.1) is 0 Å². The van der Waals surface area contributed by atoms with Crippen molar-refractivity contribution in [3.8, 4) is 0 Å². The highest BCUT2D eigenvalue weighted by atomic mass is 32.2. The number of nitrogens with one attached hydrogen (secondary N) is 1. The van der Waals surface area contributed by atoms with Crippen LogP contribution >= 0.6 is 12.2 Å². The van der Waals surface area contributed by atoms with Crippen LogP contribution in [0.1, 0.15) is 19.5 Å². The molecular weight excluding hydrogens is 292 g/mol. The minimum atomic E-state index is -3.45. The maximum atomic E-state index is 12.5. The van der Waals surface area contributed by atoms with Gasteiger partial charge in [0.05, 0.1) is 4.90 Å². The Morgan fingerprint density at radius 1 is 1.20 bits per heavy atom. The number of pyridine rings is 1. The zero-order valence-corrected chi connectivity index (χ0v) is 13.4. The molecule has 1 aromatic carbocycles. The van der Waals surface area contributed by atoms with Crippen molar-refractivity contribution in [1.29, 1.82) is 0 Å². The van der Waals surface area contributed by atoms with E-state index in [-0.39, 0.29) is 4.90 Å². The molecule has 0 aliphatic rings. The van der Waals surface area contributed by atoms with Gasteiger partial charge in [-0.2, -0.15) is 4.31 Å². The van der Waals surface area contributed by atoms with Crippen LogP contribution in [0.2, 0.25) is 0 Å². The summed E-state index contributed by atoms with van der Waals surface area (Å²) in [6, 6.07) is 6.89. The number of aromatic amines is 1. The highest BCUT2D eigenvalue weighted by molar-refractivity contribution is 7.89. The predicted octanol–water partition coefficient (Wildman–Crippen LogP) is 3.24. The summed E-state index contributed by atoms with van der Waals surface area (Å²) in [5, 5.41) is 0.763. The minimum absolute atomic E-state index is 0.289. The van der Waals surface area contributed by atoms with Crippen molar-refractivity contribution in [2.24, 2.45) is 0 Å². The lowest BCUT2D eigenvalue weighted by Gasteiger charge is -2.18. The van der Waals surface area contributed by atoms with Gasteiger partial charge in [0.25, 0.3) is 0 Å². The van der Waals surface area contributed by atoms with Crippen LogP contribution in [0.4, 0.5) is 0 Å². The van der Waals surface area contributed by atoms with E-state index in [0.717, 1.165) is 16.6 Å². The van der Waals surface area contributed by atoms with Gasteiger partial charge in [0.1, 0.15) is 0 Å². The number of nitrogens with zero attached hydrogens (tertiary/aromatic N) is 1. The third-order valence-electron chi connectivity index (χ3n) is 3.28. The lowest BCUT2D eigenvalue weighted by molar-refractivity contribution is 0.445. The van der Waals surface area contributed by atoms with Gasteiger partial charge in [-0.3, -0.25) is 0 Å². The van der Waals surface area contributed by atoms with Crippen molar-refractivity contribution in [2.45, 2.75) is 25.7 Å². The molecule has 0 aliphatic heterocycles. The highest BCUT2D eigenvalue weighted by Crippen LogP contribution is 2.22. The van der Waals surface area contributed by atoms with Crippen molar-refractivity contribution in [2.75, 3.05) is 13.1 Å². The molecule has 0 saturated heterocycles. The molecule has 0 aliphatic carbocycles. The largest absolute Gasteiger partial charge is 0.359 e. The third kappa shape index (κ3) is 2.63. The Kier molecular flexibility index (Phi) is 4.27. The number of hydrogen-bond donors (Lipinski definition) is 1. The van der Waals surface area contributed by atoms with E-state index in [1.807, 2.05) is 26.8 Å². The van der Waals surface area contributed by atoms with Crippen LogP contribution in [-0.2, 0) is 10.0 Å². The lowest BCUT2D eigenvalue weighted by atomic mass is 10.2. The maximum absolute atomic E-state index is 12.5. The van der Waals surface area contributed by atoms with Crippen LogP contribution in [0.5, 0.6) is 0 Å². The summed E-state index contributed by atoms with van der Waals surface area (Å²) in [6.45, 7) is 6.50. The molecule has 0 radical (unpaired) electrons. The van der Waals surface area contributed by atoms with Crippen molar-refractivity contribution in [3.05, 3.63) is 34.5 Å². The average molecular weight is 310 g/mol. The molecule has 1 aromatic heterocycles. The minimum Gasteiger partial charge on any atom is -0.359 e. The van der Waals surface area contributed by atoms with E-state index >= 15 is 0 Å². The van der Waals surface area contributed by atoms with Gasteiger partial charge in [-0.1, -0.05) is 26.1 Å². The van der Waals surface area contributed by atoms with Crippen molar-refractivity contribution >= 4 is 33.1 Å². The number of rotatable bonds is 4. The predicted molar refractivity (Wildman–Crippen MR) is 84.0 cm³/mol. The van der Waals surface area contributed by atoms with Crippen molar-refractivity contribution < 1.29 is 8.42 Å². The number of benzene rings is 1. The summed E-state index contributed by atoms with van der Waals surface area (Å²) in [4.78, 5) is 3.48. The summed E-state index contributed by atoms with van der Waals surface area (Å²) in [6.07, 6.45) is 0. The second kappa shape index (κ2) is 5.63. The standard InChI is InChI=1S/C14H18N2O2S2/c1-4-16(5-2)20(17,18)11-6-7-13-12(9-11)14(19)8-10(3)15-13/h6-9H,4-5H2,1-3H3,(H,15,19). The van der Waals surface area contributed by atoms with E-state index in [1.165, 1.54) is 4.31 Å². The van der Waals surface area contributed by atoms with E-state index in [2.05, 4.69) is 4.98 Å². The molecular formula is C14H18N2O2S2. The summed E-state index contributed by atoms with van der Waals surface area (Å²) in [5.74, 6) is 0. The SMILES string of the molecule is CCN(CC)S(=O)(=O)c1ccc2[nH]c(C)cc(=S)c2c1. The molecule has 0 bridgehead atoms. The Hall–Kier alpha value is -1.24. The Bertz CT molecular complexity index is 790. The number of H-pyrrole nitrogens is 1. The van der Waals surface area contributed by atoms with Crippen molar-refractivity contribution in [3.63, 3.8) is 0 Å². The average Bonchev–Trinajstić information content (AvgIpc) is 2.39. The van der Waals surface area contributed by atoms with Crippen LogP contribution in [0.15, 0.2) is 29.2 Å². The topological polar surface area (TPSA) is 53.2 Å². The summed E-state index contributed by atoms with van der Waals surface area (Å²) < 4.78 is 27.1. The maximum Gasteiger partial charge on any atom is 0.243 e. The Labute approximate surface area is 124 Å². The molecule has 6 heteroatoms. The fourth-order valence-corrected chi connectivity index (χ4v) is 4.06. The summed E-state index contributed by atoms with van der Waals surface area (Å²) in [7, 11) is -3.45. The molecule has 20 heavy (non-hydrogen) atoms. The summed E-state index contributed by atoms with van der Waals surface area (Å²) >= 11 is 5.32. The number of aryl methyl sites for hydroxylation is 1. The lowest BCUT2D eigenvalue weighted by Crippen LogP contribution is -2.30. The smallest absolute Gasteiger partial charge is 0.243 e. The van der Waals surface area contributed by atoms with Crippen LogP contribution < -0.4 is 0 Å². The first-order chi connectivity index (χ1) is 9.40. The monoisotopic (exact) mass is 310 g/mol. The second-order valence-corrected chi connectivity index (χ2v) is 6.99. The molecule has 1 heterocycles. The Morgan fingerprint density at radius 3 is 2.45 bits per heavy atom. The van der Waals surface area contributed by atoms with Crippen LogP contribution in [0, 0.1) is 11.4 Å². The normalized spacial score (nSPS) is 12.2. The van der Waals surface area contributed by atoms with Gasteiger partial charge >= 0.3 is 0 Å². The van der Waals surface area contributed by atoms with E-state index < -0.39 is 10.0 Å². The number of sulfonamides is 1. The zero-order valence-electron chi connectivity index (χ0n) is 11.8. The van der Waals surface area contributed by atoms with Crippen LogP contribution in [-0.4, -0.2) is 30.8 Å². The van der Waals surface area contributed by atoms with Crippen molar-refractivity contribution in [1.82, 2.24) is 9.29 Å². The van der Waals surface area contributed by atoms with Gasteiger partial charge < -0.3 is 4.98 Å². The fraction of sp³-hybridized carbons (Fsp3) is 0.357. The van der Waals surface area contributed by atoms with Crippen LogP contribution in [0.25, 0.3) is 10.9 Å². The molecule has 0 atom stereocenters. The molecule has 4 nitrogen and oxygen atoms in total.